The van der Waals surface area contributed by atoms with E-state index in [1.165, 1.54) is 43.4 Å². The third-order valence-corrected chi connectivity index (χ3v) is 4.17. The summed E-state index contributed by atoms with van der Waals surface area (Å²) in [5.41, 5.74) is 6.18. The van der Waals surface area contributed by atoms with Gasteiger partial charge in [-0.25, -0.2) is 0 Å². The number of benzene rings is 2. The van der Waals surface area contributed by atoms with Crippen molar-refractivity contribution in [3.05, 3.63) is 54.1 Å². The number of nitrogens with two attached hydrogens (primary N) is 1. The number of nitrogens with zero attached hydrogens (tertiary/aromatic N) is 1. The molecule has 0 radical (unpaired) electrons. The Morgan fingerprint density at radius 1 is 1.00 bits per heavy atom. The fourth-order valence-corrected chi connectivity index (χ4v) is 2.54. The van der Waals surface area contributed by atoms with Gasteiger partial charge in [0.05, 0.1) is 0 Å². The van der Waals surface area contributed by atoms with E-state index >= 15 is 0 Å². The number of phenolic OH excluding ortho intramolecular Hbond substituents is 4. The van der Waals surface area contributed by atoms with Gasteiger partial charge in [-0.05, 0) is 35.4 Å². The molecule has 0 aliphatic carbocycles. The molecule has 0 saturated heterocycles. The highest BCUT2D eigenvalue weighted by Gasteiger charge is 2.27. The summed E-state index contributed by atoms with van der Waals surface area (Å²) in [7, 11) is 1.38. The van der Waals surface area contributed by atoms with Crippen LogP contribution in [0, 0.1) is 0 Å². The average Bonchev–Trinajstić information content (AvgIpc) is 2.62. The molecular formula is C19H20N2O6. The van der Waals surface area contributed by atoms with Crippen molar-refractivity contribution in [2.45, 2.75) is 12.5 Å². The third-order valence-electron chi connectivity index (χ3n) is 4.17. The molecule has 0 unspecified atom stereocenters. The molecule has 1 atom stereocenters. The molecule has 8 nitrogen and oxygen atoms in total. The van der Waals surface area contributed by atoms with E-state index in [0.717, 1.165) is 4.90 Å². The molecule has 0 aliphatic heterocycles. The average molecular weight is 372 g/mol. The van der Waals surface area contributed by atoms with Crippen LogP contribution in [0.2, 0.25) is 0 Å². The SMILES string of the molecule is C=C(C(=O)N(C)[C@@H](Cc1ccc(O)c(O)c1)C(N)=O)c1ccc(O)c(O)c1. The Kier molecular flexibility index (Phi) is 5.60. The standard InChI is InChI=1S/C19H20N2O6/c1-10(12-4-6-15(23)17(25)9-12)19(27)21(2)13(18(20)26)7-11-3-5-14(22)16(24)8-11/h3-6,8-9,13,22-25H,1,7H2,2H3,(H2,20,26)/t13-/m0/s1. The second kappa shape index (κ2) is 7.69. The minimum atomic E-state index is -1.04. The number of hydrogen-bond donors (Lipinski definition) is 5. The number of aromatic hydroxyl groups is 4. The van der Waals surface area contributed by atoms with Crippen molar-refractivity contribution >= 4 is 17.4 Å². The predicted octanol–water partition coefficient (Wildman–Crippen LogP) is 1.08. The molecule has 8 heteroatoms. The van der Waals surface area contributed by atoms with E-state index < -0.39 is 23.6 Å². The molecule has 0 bridgehead atoms. The Morgan fingerprint density at radius 3 is 2.07 bits per heavy atom. The zero-order chi connectivity index (χ0) is 20.3. The maximum absolute atomic E-state index is 12.7. The van der Waals surface area contributed by atoms with Crippen molar-refractivity contribution in [1.29, 1.82) is 0 Å². The van der Waals surface area contributed by atoms with Gasteiger partial charge in [0.2, 0.25) is 5.91 Å². The molecular weight excluding hydrogens is 352 g/mol. The van der Waals surface area contributed by atoms with Gasteiger partial charge in [0.25, 0.3) is 5.91 Å². The number of likely N-dealkylation sites (N-methyl/N-ethyl adjacent to an activating group) is 1. The van der Waals surface area contributed by atoms with Crippen LogP contribution in [0.4, 0.5) is 0 Å². The van der Waals surface area contributed by atoms with Crippen LogP contribution in [0.5, 0.6) is 23.0 Å². The maximum Gasteiger partial charge on any atom is 0.254 e. The van der Waals surface area contributed by atoms with Crippen LogP contribution in [-0.2, 0) is 16.0 Å². The highest BCUT2D eigenvalue weighted by Crippen LogP contribution is 2.29. The lowest BCUT2D eigenvalue weighted by Crippen LogP contribution is -2.47. The lowest BCUT2D eigenvalue weighted by Gasteiger charge is -2.26. The first kappa shape index (κ1) is 19.6. The third kappa shape index (κ3) is 4.30. The molecule has 0 saturated carbocycles. The Bertz CT molecular complexity index is 909. The van der Waals surface area contributed by atoms with E-state index in [-0.39, 0.29) is 34.8 Å². The first-order chi connectivity index (χ1) is 12.6. The summed E-state index contributed by atoms with van der Waals surface area (Å²) in [6.45, 7) is 3.68. The maximum atomic E-state index is 12.7. The van der Waals surface area contributed by atoms with Gasteiger partial charge in [0.15, 0.2) is 23.0 Å². The summed E-state index contributed by atoms with van der Waals surface area (Å²) < 4.78 is 0. The molecule has 0 heterocycles. The van der Waals surface area contributed by atoms with Gasteiger partial charge in [-0.1, -0.05) is 18.7 Å². The highest BCUT2D eigenvalue weighted by molar-refractivity contribution is 6.19. The lowest BCUT2D eigenvalue weighted by atomic mass is 10.0. The number of amides is 2. The minimum absolute atomic E-state index is 0.00685. The van der Waals surface area contributed by atoms with Gasteiger partial charge in [-0.2, -0.15) is 0 Å². The molecule has 2 amide bonds. The molecule has 27 heavy (non-hydrogen) atoms. The van der Waals surface area contributed by atoms with Crippen LogP contribution in [0.15, 0.2) is 43.0 Å². The molecule has 2 aromatic carbocycles. The zero-order valence-corrected chi connectivity index (χ0v) is 14.6. The Labute approximate surface area is 155 Å². The number of carbonyl (C=O) groups is 2. The van der Waals surface area contributed by atoms with E-state index in [0.29, 0.717) is 5.56 Å². The van der Waals surface area contributed by atoms with E-state index in [9.17, 15) is 30.0 Å². The van der Waals surface area contributed by atoms with Crippen LogP contribution in [0.3, 0.4) is 0 Å². The largest absolute Gasteiger partial charge is 0.504 e. The van der Waals surface area contributed by atoms with Crippen molar-refractivity contribution in [3.63, 3.8) is 0 Å². The summed E-state index contributed by atoms with van der Waals surface area (Å²) in [6.07, 6.45) is 0.0134. The highest BCUT2D eigenvalue weighted by atomic mass is 16.3. The molecule has 0 aromatic heterocycles. The molecule has 142 valence electrons. The number of primary amides is 1. The van der Waals surface area contributed by atoms with E-state index in [4.69, 9.17) is 5.73 Å². The van der Waals surface area contributed by atoms with Crippen LogP contribution in [0.1, 0.15) is 11.1 Å². The van der Waals surface area contributed by atoms with Gasteiger partial charge in [0.1, 0.15) is 6.04 Å². The summed E-state index contributed by atoms with van der Waals surface area (Å²) >= 11 is 0. The number of carbonyl (C=O) groups excluding carboxylic acids is 2. The van der Waals surface area contributed by atoms with Crippen LogP contribution in [-0.4, -0.2) is 50.2 Å². The van der Waals surface area contributed by atoms with E-state index in [2.05, 4.69) is 6.58 Å². The predicted molar refractivity (Wildman–Crippen MR) is 98.0 cm³/mol. The monoisotopic (exact) mass is 372 g/mol. The molecule has 0 fully saturated rings. The van der Waals surface area contributed by atoms with Crippen molar-refractivity contribution in [2.24, 2.45) is 5.73 Å². The van der Waals surface area contributed by atoms with Crippen molar-refractivity contribution in [1.82, 2.24) is 4.90 Å². The van der Waals surface area contributed by atoms with Crippen LogP contribution >= 0.6 is 0 Å². The first-order valence-corrected chi connectivity index (χ1v) is 7.90. The fourth-order valence-electron chi connectivity index (χ4n) is 2.54. The first-order valence-electron chi connectivity index (χ1n) is 7.90. The minimum Gasteiger partial charge on any atom is -0.504 e. The number of rotatable bonds is 6. The zero-order valence-electron chi connectivity index (χ0n) is 14.6. The van der Waals surface area contributed by atoms with Crippen molar-refractivity contribution in [3.8, 4) is 23.0 Å². The molecule has 0 spiro atoms. The Hall–Kier alpha value is -3.68. The number of hydrogen-bond acceptors (Lipinski definition) is 6. The lowest BCUT2D eigenvalue weighted by molar-refractivity contribution is -0.133. The van der Waals surface area contributed by atoms with E-state index in [1.807, 2.05) is 0 Å². The molecule has 0 aliphatic rings. The van der Waals surface area contributed by atoms with Crippen molar-refractivity contribution in [2.75, 3.05) is 7.05 Å². The van der Waals surface area contributed by atoms with Crippen molar-refractivity contribution < 1.29 is 30.0 Å². The van der Waals surface area contributed by atoms with E-state index in [1.54, 1.807) is 0 Å². The fraction of sp³-hybridized carbons (Fsp3) is 0.158. The summed E-state index contributed by atoms with van der Waals surface area (Å²) in [4.78, 5) is 25.7. The summed E-state index contributed by atoms with van der Waals surface area (Å²) in [6, 6.07) is 6.80. The molecule has 6 N–H and O–H groups in total. The van der Waals surface area contributed by atoms with Crippen LogP contribution < -0.4 is 5.73 Å². The second-order valence-corrected chi connectivity index (χ2v) is 6.04. The quantitative estimate of drug-likeness (QED) is 0.379. The Balaban J connectivity index is 2.24. The molecule has 2 rings (SSSR count). The number of phenols is 4. The van der Waals surface area contributed by atoms with Gasteiger partial charge in [-0.3, -0.25) is 9.59 Å². The van der Waals surface area contributed by atoms with Gasteiger partial charge >= 0.3 is 0 Å². The second-order valence-electron chi connectivity index (χ2n) is 6.04. The summed E-state index contributed by atoms with van der Waals surface area (Å²) in [5.74, 6) is -2.77. The van der Waals surface area contributed by atoms with Gasteiger partial charge < -0.3 is 31.1 Å². The van der Waals surface area contributed by atoms with Crippen LogP contribution in [0.25, 0.3) is 5.57 Å². The summed E-state index contributed by atoms with van der Waals surface area (Å²) in [5, 5.41) is 37.9. The normalized spacial score (nSPS) is 11.6. The Morgan fingerprint density at radius 2 is 1.56 bits per heavy atom. The van der Waals surface area contributed by atoms with Gasteiger partial charge in [-0.15, -0.1) is 0 Å². The molecule has 2 aromatic rings. The topological polar surface area (TPSA) is 144 Å². The smallest absolute Gasteiger partial charge is 0.254 e. The van der Waals surface area contributed by atoms with Gasteiger partial charge in [0, 0.05) is 19.0 Å².